The van der Waals surface area contributed by atoms with E-state index in [-0.39, 0.29) is 22.9 Å². The molecule has 0 amide bonds. The lowest BCUT2D eigenvalue weighted by Gasteiger charge is -2.62. The van der Waals surface area contributed by atoms with Crippen LogP contribution in [0.15, 0.2) is 0 Å². The number of hydrogen-bond acceptors (Lipinski definition) is 23. The third-order valence-electron chi connectivity index (χ3n) is 20.0. The second kappa shape index (κ2) is 21.3. The SMILES string of the molecule is C[C@@H]1CC[C@@]2(OC1)O[C@H]1C[C@H]3[C@@H]4CC[C@H]5C[C@@H](O[C@@H]6O[C@H](CO)[C@@H](O[C@@H]7O[C@H](CO)[C@@H](O)[C@H](O[C@@H]8OC[C@@H](O)[C@H](O)[C@H]8O)[C@H]7O[C@@H]7O[C@H](CO)[C@H](O)[C@H](O)[C@H]7O)[C@H](O)[C@H]6O)[C@H](O)C[C@]5(C)[C@H]4CC[C@]3(C)C1[C@@H]2C. The standard InChI is InChI=1S/C50H82O23/c1-19-7-10-50(65-17-19)20(2)32-28(73-50)12-24-22-6-5-21-11-27(25(54)13-49(21,4)23(22)8-9-48(24,32)3)66-45-40(63)37(60)41(31(16-53)69-45)70-47-43(72-46-39(62)36(59)34(57)29(14-51)67-46)42(35(58)30(15-52)68-47)71-44-38(61)33(56)26(55)18-64-44/h19-47,51-63H,5-18H2,1-4H3/t19-,20+,21+,22-,23+,24+,25-,26-,27-,28+,29-,30-,31-,32?,33+,34+,35-,36+,37-,38-,39-,40-,41-,42+,43-,44+,45-,46+,47+,48+,49+,50-/m1/s1. The number of hydrogen-bond donors (Lipinski definition) is 13. The van der Waals surface area contributed by atoms with Gasteiger partial charge in [-0.3, -0.25) is 0 Å². The Morgan fingerprint density at radius 1 is 0.521 bits per heavy atom. The Kier molecular flexibility index (Phi) is 16.1. The highest BCUT2D eigenvalue weighted by Crippen LogP contribution is 2.71. The Hall–Kier alpha value is -0.920. The molecule has 6 heterocycles. The van der Waals surface area contributed by atoms with Crippen molar-refractivity contribution in [3.05, 3.63) is 0 Å². The minimum absolute atomic E-state index is 0.130. The van der Waals surface area contributed by atoms with Crippen molar-refractivity contribution in [2.75, 3.05) is 33.0 Å². The van der Waals surface area contributed by atoms with Gasteiger partial charge in [-0.2, -0.15) is 0 Å². The highest BCUT2D eigenvalue weighted by molar-refractivity contribution is 5.16. The number of fused-ring (bicyclic) bond motifs is 7. The average molecular weight is 1050 g/mol. The monoisotopic (exact) mass is 1050 g/mol. The van der Waals surface area contributed by atoms with Gasteiger partial charge < -0.3 is 114 Å². The van der Waals surface area contributed by atoms with Crippen LogP contribution in [0.1, 0.15) is 85.5 Å². The summed E-state index contributed by atoms with van der Waals surface area (Å²) in [5, 5.41) is 141. The Morgan fingerprint density at radius 2 is 1.15 bits per heavy atom. The highest BCUT2D eigenvalue weighted by Gasteiger charge is 2.70. The van der Waals surface area contributed by atoms with E-state index < -0.39 is 161 Å². The third-order valence-corrected chi connectivity index (χ3v) is 20.0. The van der Waals surface area contributed by atoms with Crippen LogP contribution in [0.25, 0.3) is 0 Å². The van der Waals surface area contributed by atoms with Gasteiger partial charge >= 0.3 is 0 Å². The maximum Gasteiger partial charge on any atom is 0.187 e. The topological polar surface area (TPSA) is 355 Å². The first-order chi connectivity index (χ1) is 34.7. The largest absolute Gasteiger partial charge is 0.394 e. The van der Waals surface area contributed by atoms with Crippen molar-refractivity contribution < 1.29 is 114 Å². The van der Waals surface area contributed by atoms with Crippen LogP contribution in [0.3, 0.4) is 0 Å². The van der Waals surface area contributed by atoms with E-state index >= 15 is 0 Å². The summed E-state index contributed by atoms with van der Waals surface area (Å²) >= 11 is 0. The summed E-state index contributed by atoms with van der Waals surface area (Å²) < 4.78 is 61.1. The van der Waals surface area contributed by atoms with E-state index in [4.69, 9.17) is 47.4 Å². The van der Waals surface area contributed by atoms with Gasteiger partial charge in [0.2, 0.25) is 0 Å². The zero-order chi connectivity index (χ0) is 52.2. The Labute approximate surface area is 424 Å². The van der Waals surface area contributed by atoms with Gasteiger partial charge in [0.25, 0.3) is 0 Å². The Bertz CT molecular complexity index is 1860. The fraction of sp³-hybridized carbons (Fsp3) is 1.00. The van der Waals surface area contributed by atoms with E-state index in [0.29, 0.717) is 48.3 Å². The maximum absolute atomic E-state index is 12.0. The molecule has 10 rings (SSSR count). The van der Waals surface area contributed by atoms with Crippen molar-refractivity contribution in [3.8, 4) is 0 Å². The molecule has 1 spiro atoms. The van der Waals surface area contributed by atoms with E-state index in [1.54, 1.807) is 0 Å². The van der Waals surface area contributed by atoms with Gasteiger partial charge in [0, 0.05) is 12.3 Å². The first-order valence-corrected chi connectivity index (χ1v) is 26.8. The number of aliphatic hydroxyl groups excluding tert-OH is 13. The van der Waals surface area contributed by atoms with Crippen molar-refractivity contribution in [1.29, 1.82) is 0 Å². The molecule has 23 heteroatoms. The maximum atomic E-state index is 12.0. The van der Waals surface area contributed by atoms with Crippen LogP contribution in [0.2, 0.25) is 0 Å². The average Bonchev–Trinajstić information content (AvgIpc) is 3.82. The molecule has 6 saturated heterocycles. The van der Waals surface area contributed by atoms with Gasteiger partial charge in [-0.25, -0.2) is 0 Å². The van der Waals surface area contributed by atoms with E-state index in [9.17, 15) is 66.4 Å². The molecule has 1 unspecified atom stereocenters. The van der Waals surface area contributed by atoms with Crippen LogP contribution in [-0.4, -0.2) is 240 Å². The molecule has 10 aliphatic rings. The fourth-order valence-electron chi connectivity index (χ4n) is 15.9. The summed E-state index contributed by atoms with van der Waals surface area (Å²) in [7, 11) is 0. The summed E-state index contributed by atoms with van der Waals surface area (Å²) in [5.74, 6) is 2.34. The van der Waals surface area contributed by atoms with Gasteiger partial charge in [-0.05, 0) is 97.7 Å². The molecule has 6 aliphatic heterocycles. The predicted octanol–water partition coefficient (Wildman–Crippen LogP) is -3.30. The van der Waals surface area contributed by atoms with E-state index in [1.807, 2.05) is 0 Å². The summed E-state index contributed by atoms with van der Waals surface area (Å²) in [5.41, 5.74) is -0.0565. The van der Waals surface area contributed by atoms with Crippen molar-refractivity contribution in [1.82, 2.24) is 0 Å². The van der Waals surface area contributed by atoms with Crippen molar-refractivity contribution in [2.45, 2.75) is 226 Å². The fourth-order valence-corrected chi connectivity index (χ4v) is 15.9. The molecule has 32 atom stereocenters. The second-order valence-electron chi connectivity index (χ2n) is 24.0. The molecule has 0 aromatic carbocycles. The lowest BCUT2D eigenvalue weighted by Crippen LogP contribution is -2.68. The van der Waals surface area contributed by atoms with Crippen molar-refractivity contribution >= 4 is 0 Å². The first-order valence-electron chi connectivity index (χ1n) is 26.8. The molecule has 0 radical (unpaired) electrons. The summed E-state index contributed by atoms with van der Waals surface area (Å²) in [6.45, 7) is 7.02. The molecular formula is C50H82O23. The van der Waals surface area contributed by atoms with Crippen LogP contribution in [0, 0.1) is 52.3 Å². The molecule has 420 valence electrons. The first kappa shape index (κ1) is 55.4. The van der Waals surface area contributed by atoms with Crippen LogP contribution < -0.4 is 0 Å². The minimum Gasteiger partial charge on any atom is -0.394 e. The molecule has 0 aromatic heterocycles. The smallest absolute Gasteiger partial charge is 0.187 e. The molecule has 73 heavy (non-hydrogen) atoms. The van der Waals surface area contributed by atoms with Crippen molar-refractivity contribution in [3.63, 3.8) is 0 Å². The molecule has 0 bridgehead atoms. The summed E-state index contributed by atoms with van der Waals surface area (Å²) in [4.78, 5) is 0. The zero-order valence-electron chi connectivity index (χ0n) is 42.0. The molecule has 13 N–H and O–H groups in total. The van der Waals surface area contributed by atoms with E-state index in [1.165, 1.54) is 0 Å². The minimum atomic E-state index is -2.02. The van der Waals surface area contributed by atoms with E-state index in [0.717, 1.165) is 51.6 Å². The molecule has 23 nitrogen and oxygen atoms in total. The number of aliphatic hydroxyl groups is 13. The van der Waals surface area contributed by atoms with Crippen LogP contribution in [0.5, 0.6) is 0 Å². The third kappa shape index (κ3) is 9.49. The molecule has 10 fully saturated rings. The summed E-state index contributed by atoms with van der Waals surface area (Å²) in [6.07, 6.45) is -27.2. The normalized spacial score (nSPS) is 58.2. The molecular weight excluding hydrogens is 969 g/mol. The van der Waals surface area contributed by atoms with Gasteiger partial charge in [0.15, 0.2) is 30.9 Å². The zero-order valence-corrected chi connectivity index (χ0v) is 42.0. The second-order valence-corrected chi connectivity index (χ2v) is 24.0. The van der Waals surface area contributed by atoms with Crippen LogP contribution >= 0.6 is 0 Å². The van der Waals surface area contributed by atoms with E-state index in [2.05, 4.69) is 27.7 Å². The molecule has 4 aliphatic carbocycles. The van der Waals surface area contributed by atoms with Gasteiger partial charge in [-0.15, -0.1) is 0 Å². The molecule has 4 saturated carbocycles. The van der Waals surface area contributed by atoms with Crippen LogP contribution in [0.4, 0.5) is 0 Å². The predicted molar refractivity (Wildman–Crippen MR) is 244 cm³/mol. The van der Waals surface area contributed by atoms with Gasteiger partial charge in [0.1, 0.15) is 91.6 Å². The quantitative estimate of drug-likeness (QED) is 0.0902. The number of rotatable bonds is 11. The molecule has 0 aromatic rings. The Morgan fingerprint density at radius 3 is 1.85 bits per heavy atom. The highest BCUT2D eigenvalue weighted by atomic mass is 16.8. The van der Waals surface area contributed by atoms with Gasteiger partial charge in [0.05, 0.1) is 51.3 Å². The van der Waals surface area contributed by atoms with Gasteiger partial charge in [-0.1, -0.05) is 27.7 Å². The lowest BCUT2D eigenvalue weighted by molar-refractivity contribution is -0.404. The van der Waals surface area contributed by atoms with Crippen molar-refractivity contribution in [2.24, 2.45) is 52.3 Å². The van der Waals surface area contributed by atoms with Crippen LogP contribution in [-0.2, 0) is 47.4 Å². The lowest BCUT2D eigenvalue weighted by atomic mass is 9.44. The Balaban J connectivity index is 0.824. The number of ether oxygens (including phenoxy) is 10. The summed E-state index contributed by atoms with van der Waals surface area (Å²) in [6, 6.07) is 0.